The Balaban J connectivity index is 0.000000221. The number of quaternary nitrogens is 1. The van der Waals surface area contributed by atoms with Crippen LogP contribution in [0.4, 0.5) is 13.2 Å². The Morgan fingerprint density at radius 3 is 2.35 bits per heavy atom. The third-order valence-corrected chi connectivity index (χ3v) is 4.87. The monoisotopic (exact) mass is 437 g/mol. The van der Waals surface area contributed by atoms with Crippen LogP contribution in [-0.2, 0) is 16.0 Å². The molecule has 0 bridgehead atoms. The molecular formula is C22H26F3N3O3. The number of halogens is 3. The van der Waals surface area contributed by atoms with E-state index in [4.69, 9.17) is 0 Å². The van der Waals surface area contributed by atoms with E-state index in [0.29, 0.717) is 13.0 Å². The minimum atomic E-state index is -1.27. The number of benzene rings is 2. The molecule has 0 spiro atoms. The van der Waals surface area contributed by atoms with Crippen LogP contribution < -0.4 is 21.5 Å². The first kappa shape index (κ1) is 24.4. The molecule has 3 rings (SSSR count). The molecule has 2 aromatic carbocycles. The largest absolute Gasteiger partial charge is 0.548 e. The van der Waals surface area contributed by atoms with Crippen molar-refractivity contribution in [1.29, 1.82) is 0 Å². The lowest BCUT2D eigenvalue weighted by Gasteiger charge is -2.26. The molecule has 1 aliphatic heterocycles. The first-order valence-corrected chi connectivity index (χ1v) is 9.88. The van der Waals surface area contributed by atoms with Gasteiger partial charge in [-0.1, -0.05) is 30.3 Å². The Morgan fingerprint density at radius 2 is 1.77 bits per heavy atom. The molecule has 1 amide bonds. The molecule has 3 atom stereocenters. The second kappa shape index (κ2) is 11.5. The number of piperidine rings is 1. The highest BCUT2D eigenvalue weighted by Crippen LogP contribution is 2.28. The summed E-state index contributed by atoms with van der Waals surface area (Å²) >= 11 is 0. The van der Waals surface area contributed by atoms with Crippen molar-refractivity contribution < 1.29 is 33.6 Å². The Labute approximate surface area is 178 Å². The predicted molar refractivity (Wildman–Crippen MR) is 106 cm³/mol. The highest BCUT2D eigenvalue weighted by molar-refractivity contribution is 5.81. The molecule has 31 heavy (non-hydrogen) atoms. The summed E-state index contributed by atoms with van der Waals surface area (Å²) in [5.41, 5.74) is 4.55. The van der Waals surface area contributed by atoms with Crippen molar-refractivity contribution in [3.8, 4) is 0 Å². The molecule has 2 unspecified atom stereocenters. The molecule has 1 fully saturated rings. The normalized spacial score (nSPS) is 19.0. The zero-order chi connectivity index (χ0) is 23.0. The SMILES string of the molecule is CC(=O)N[C@@H](Cc1ccccc1)C(=O)[O-].[NH3+]C1CNCC(c2c(F)ccc(F)c2F)C1. The van der Waals surface area contributed by atoms with Crippen molar-refractivity contribution in [2.45, 2.75) is 37.8 Å². The molecule has 0 saturated carbocycles. The van der Waals surface area contributed by atoms with Gasteiger partial charge in [0.15, 0.2) is 11.6 Å². The molecule has 1 aliphatic rings. The third kappa shape index (κ3) is 7.37. The van der Waals surface area contributed by atoms with Crippen LogP contribution in [0.5, 0.6) is 0 Å². The summed E-state index contributed by atoms with van der Waals surface area (Å²) < 4.78 is 40.0. The highest BCUT2D eigenvalue weighted by atomic mass is 19.2. The lowest BCUT2D eigenvalue weighted by atomic mass is 9.88. The fourth-order valence-corrected chi connectivity index (χ4v) is 3.46. The summed E-state index contributed by atoms with van der Waals surface area (Å²) in [6.45, 7) is 2.47. The van der Waals surface area contributed by atoms with Gasteiger partial charge in [-0.25, -0.2) is 13.2 Å². The Bertz CT molecular complexity index is 896. The number of carboxylic acids is 1. The van der Waals surface area contributed by atoms with Gasteiger partial charge < -0.3 is 26.3 Å². The molecule has 168 valence electrons. The summed E-state index contributed by atoms with van der Waals surface area (Å²) in [4.78, 5) is 21.5. The smallest absolute Gasteiger partial charge is 0.217 e. The zero-order valence-corrected chi connectivity index (χ0v) is 17.2. The van der Waals surface area contributed by atoms with Crippen molar-refractivity contribution in [2.75, 3.05) is 13.1 Å². The van der Waals surface area contributed by atoms with Crippen LogP contribution in [-0.4, -0.2) is 37.0 Å². The first-order chi connectivity index (χ1) is 14.7. The van der Waals surface area contributed by atoms with Gasteiger partial charge >= 0.3 is 0 Å². The van der Waals surface area contributed by atoms with Crippen molar-refractivity contribution in [1.82, 2.24) is 10.6 Å². The second-order valence-corrected chi connectivity index (χ2v) is 7.48. The summed E-state index contributed by atoms with van der Waals surface area (Å²) in [6.07, 6.45) is 0.813. The van der Waals surface area contributed by atoms with E-state index in [1.807, 2.05) is 18.2 Å². The van der Waals surface area contributed by atoms with Crippen molar-refractivity contribution in [2.24, 2.45) is 0 Å². The van der Waals surface area contributed by atoms with Crippen LogP contribution in [0.1, 0.15) is 30.4 Å². The number of rotatable bonds is 5. The minimum absolute atomic E-state index is 0.0980. The van der Waals surface area contributed by atoms with E-state index in [9.17, 15) is 27.9 Å². The van der Waals surface area contributed by atoms with Crippen LogP contribution in [0.15, 0.2) is 42.5 Å². The van der Waals surface area contributed by atoms with E-state index in [1.54, 1.807) is 12.1 Å². The molecular weight excluding hydrogens is 411 g/mol. The van der Waals surface area contributed by atoms with E-state index in [2.05, 4.69) is 16.4 Å². The number of aliphatic carboxylic acids is 1. The Hall–Kier alpha value is -2.91. The van der Waals surface area contributed by atoms with Crippen LogP contribution in [0, 0.1) is 17.5 Å². The Morgan fingerprint density at radius 1 is 1.13 bits per heavy atom. The van der Waals surface area contributed by atoms with Crippen LogP contribution in [0.25, 0.3) is 0 Å². The Kier molecular flexibility index (Phi) is 9.02. The van der Waals surface area contributed by atoms with Crippen molar-refractivity contribution in [3.05, 3.63) is 71.0 Å². The quantitative estimate of drug-likeness (QED) is 0.584. The van der Waals surface area contributed by atoms with E-state index in [0.717, 1.165) is 24.2 Å². The van der Waals surface area contributed by atoms with Crippen LogP contribution >= 0.6 is 0 Å². The lowest BCUT2D eigenvalue weighted by Crippen LogP contribution is -2.67. The number of carboxylic acid groups (broad SMARTS) is 1. The number of carbonyl (C=O) groups is 2. The van der Waals surface area contributed by atoms with Gasteiger partial charge in [-0.15, -0.1) is 0 Å². The molecule has 1 heterocycles. The van der Waals surface area contributed by atoms with Gasteiger partial charge in [0.25, 0.3) is 0 Å². The van der Waals surface area contributed by atoms with Crippen LogP contribution in [0.3, 0.4) is 0 Å². The molecule has 1 saturated heterocycles. The van der Waals surface area contributed by atoms with Gasteiger partial charge in [0.2, 0.25) is 5.91 Å². The summed E-state index contributed by atoms with van der Waals surface area (Å²) in [6, 6.07) is 9.99. The van der Waals surface area contributed by atoms with Crippen molar-refractivity contribution in [3.63, 3.8) is 0 Å². The van der Waals surface area contributed by atoms with E-state index < -0.39 is 29.5 Å². The molecule has 5 N–H and O–H groups in total. The maximum Gasteiger partial charge on any atom is 0.217 e. The third-order valence-electron chi connectivity index (χ3n) is 4.87. The molecule has 6 nitrogen and oxygen atoms in total. The second-order valence-electron chi connectivity index (χ2n) is 7.48. The van der Waals surface area contributed by atoms with Gasteiger partial charge in [0.1, 0.15) is 5.82 Å². The molecule has 0 aromatic heterocycles. The maximum atomic E-state index is 13.5. The van der Waals surface area contributed by atoms with Gasteiger partial charge in [-0.2, -0.15) is 0 Å². The zero-order valence-electron chi connectivity index (χ0n) is 17.2. The number of hydrogen-bond acceptors (Lipinski definition) is 4. The molecule has 9 heteroatoms. The topological polar surface area (TPSA) is 109 Å². The van der Waals surface area contributed by atoms with Crippen LogP contribution in [0.2, 0.25) is 0 Å². The number of hydrogen-bond donors (Lipinski definition) is 3. The summed E-state index contributed by atoms with van der Waals surface area (Å²) in [5.74, 6) is -4.73. The summed E-state index contributed by atoms with van der Waals surface area (Å²) in [5, 5.41) is 16.1. The standard InChI is InChI=1S/C11H13F3N2.C11H13NO3/c12-8-1-2-9(13)11(14)10(8)6-3-7(15)5-16-4-6;1-8(13)12-10(11(14)15)7-9-5-3-2-4-6-9/h1-2,6-7,16H,3-5,15H2;2-6,10H,7H2,1H3,(H,12,13)(H,14,15)/t;10-/m.0/s1. The van der Waals surface area contributed by atoms with Gasteiger partial charge in [-0.05, 0) is 24.1 Å². The molecule has 0 radical (unpaired) electrons. The number of carbonyl (C=O) groups excluding carboxylic acids is 2. The first-order valence-electron chi connectivity index (χ1n) is 9.88. The average Bonchev–Trinajstić information content (AvgIpc) is 2.72. The lowest BCUT2D eigenvalue weighted by molar-refractivity contribution is -0.422. The fourth-order valence-electron chi connectivity index (χ4n) is 3.46. The highest BCUT2D eigenvalue weighted by Gasteiger charge is 2.28. The van der Waals surface area contributed by atoms with E-state index >= 15 is 0 Å². The number of amides is 1. The summed E-state index contributed by atoms with van der Waals surface area (Å²) in [7, 11) is 0. The fraction of sp³-hybridized carbons (Fsp3) is 0.364. The maximum absolute atomic E-state index is 13.5. The molecule has 2 aromatic rings. The number of nitrogens with one attached hydrogen (secondary N) is 2. The van der Waals surface area contributed by atoms with Gasteiger partial charge in [0, 0.05) is 37.9 Å². The molecule has 0 aliphatic carbocycles. The van der Waals surface area contributed by atoms with Gasteiger partial charge in [-0.3, -0.25) is 4.79 Å². The minimum Gasteiger partial charge on any atom is -0.548 e. The van der Waals surface area contributed by atoms with E-state index in [-0.39, 0.29) is 29.9 Å². The van der Waals surface area contributed by atoms with E-state index in [1.165, 1.54) is 6.92 Å². The van der Waals surface area contributed by atoms with Gasteiger partial charge in [0.05, 0.1) is 18.1 Å². The predicted octanol–water partition coefficient (Wildman–Crippen LogP) is 0.275. The average molecular weight is 437 g/mol. The van der Waals surface area contributed by atoms with Crippen molar-refractivity contribution >= 4 is 11.9 Å².